The minimum absolute atomic E-state index is 0.100. The van der Waals surface area contributed by atoms with Crippen LogP contribution in [0.3, 0.4) is 0 Å². The number of nitro benzene ring substituents is 1. The molecule has 23 heavy (non-hydrogen) atoms. The third-order valence-electron chi connectivity index (χ3n) is 2.97. The number of aromatic amines is 1. The summed E-state index contributed by atoms with van der Waals surface area (Å²) in [4.78, 5) is 19.0. The highest BCUT2D eigenvalue weighted by molar-refractivity contribution is 5.77. The van der Waals surface area contributed by atoms with Gasteiger partial charge in [-0.2, -0.15) is 15.4 Å². The van der Waals surface area contributed by atoms with Gasteiger partial charge in [-0.05, 0) is 23.6 Å². The van der Waals surface area contributed by atoms with Gasteiger partial charge in [-0.15, -0.1) is 0 Å². The highest BCUT2D eigenvalue weighted by atomic mass is 16.6. The normalized spacial score (nSPS) is 9.91. The average Bonchev–Trinajstić information content (AvgIpc) is 2.97. The van der Waals surface area contributed by atoms with Gasteiger partial charge in [-0.1, -0.05) is 24.3 Å². The highest BCUT2D eigenvalue weighted by Gasteiger charge is 2.07. The van der Waals surface area contributed by atoms with E-state index in [9.17, 15) is 10.1 Å². The summed E-state index contributed by atoms with van der Waals surface area (Å²) in [6, 6.07) is 12.3. The van der Waals surface area contributed by atoms with E-state index in [1.165, 1.54) is 12.1 Å². The second kappa shape index (κ2) is 6.98. The number of carbonyl (C=O) groups is 1. The number of primary amides is 1. The molecule has 3 aromatic rings. The minimum atomic E-state index is -1.33. The first-order valence-electron chi connectivity index (χ1n) is 6.47. The number of hydrogen-bond donors (Lipinski definition) is 3. The summed E-state index contributed by atoms with van der Waals surface area (Å²) >= 11 is 0. The van der Waals surface area contributed by atoms with E-state index in [1.54, 1.807) is 12.1 Å². The van der Waals surface area contributed by atoms with Crippen molar-refractivity contribution in [2.24, 2.45) is 5.73 Å². The third kappa shape index (κ3) is 4.24. The first-order chi connectivity index (χ1) is 11.0. The van der Waals surface area contributed by atoms with Crippen LogP contribution in [0.1, 0.15) is 11.1 Å². The lowest BCUT2D eigenvalue weighted by Crippen LogP contribution is -2.03. The lowest BCUT2D eigenvalue weighted by molar-refractivity contribution is -0.384. The van der Waals surface area contributed by atoms with Gasteiger partial charge in [-0.3, -0.25) is 10.1 Å². The van der Waals surface area contributed by atoms with E-state index in [1.807, 2.05) is 18.2 Å². The Morgan fingerprint density at radius 1 is 1.22 bits per heavy atom. The standard InChI is InChI=1S/C13H10N4O2.CH3NO2/c18-17(19)11-6-4-9(5-7-11)8-10-2-1-3-12-13(10)15-16-14-12;2-1(3)4/h1-7H,8H2,(H,14,15,16);2H2,(H,3,4). The Balaban J connectivity index is 0.000000433. The molecule has 9 nitrogen and oxygen atoms in total. The molecule has 0 atom stereocenters. The minimum Gasteiger partial charge on any atom is -0.465 e. The van der Waals surface area contributed by atoms with Gasteiger partial charge in [0, 0.05) is 12.1 Å². The van der Waals surface area contributed by atoms with Crippen LogP contribution < -0.4 is 5.73 Å². The first kappa shape index (κ1) is 15.9. The Morgan fingerprint density at radius 3 is 2.48 bits per heavy atom. The molecule has 4 N–H and O–H groups in total. The summed E-state index contributed by atoms with van der Waals surface area (Å²) in [5, 5.41) is 28.5. The number of para-hydroxylation sites is 1. The zero-order chi connectivity index (χ0) is 16.8. The number of carboxylic acid groups (broad SMARTS) is 1. The number of nitrogens with zero attached hydrogens (tertiary/aromatic N) is 3. The fourth-order valence-corrected chi connectivity index (χ4v) is 2.02. The van der Waals surface area contributed by atoms with Crippen molar-refractivity contribution in [3.8, 4) is 0 Å². The van der Waals surface area contributed by atoms with Crippen molar-refractivity contribution in [1.82, 2.24) is 15.4 Å². The largest absolute Gasteiger partial charge is 0.465 e. The molecule has 0 saturated carbocycles. The Hall–Kier alpha value is -3.49. The Labute approximate surface area is 129 Å². The molecule has 0 aliphatic heterocycles. The lowest BCUT2D eigenvalue weighted by Gasteiger charge is -2.02. The van der Waals surface area contributed by atoms with Crippen LogP contribution in [-0.2, 0) is 6.42 Å². The maximum absolute atomic E-state index is 10.6. The number of nitrogens with one attached hydrogen (secondary N) is 1. The fourth-order valence-electron chi connectivity index (χ4n) is 2.02. The molecule has 0 radical (unpaired) electrons. The van der Waals surface area contributed by atoms with E-state index < -0.39 is 11.0 Å². The van der Waals surface area contributed by atoms with Crippen LogP contribution in [0.2, 0.25) is 0 Å². The van der Waals surface area contributed by atoms with Crippen molar-refractivity contribution >= 4 is 22.8 Å². The summed E-state index contributed by atoms with van der Waals surface area (Å²) < 4.78 is 0. The van der Waals surface area contributed by atoms with E-state index in [2.05, 4.69) is 21.1 Å². The number of benzene rings is 2. The number of amides is 1. The quantitative estimate of drug-likeness (QED) is 0.497. The summed E-state index contributed by atoms with van der Waals surface area (Å²) in [6.07, 6.45) is -0.665. The maximum atomic E-state index is 10.6. The number of rotatable bonds is 3. The van der Waals surface area contributed by atoms with E-state index in [4.69, 9.17) is 9.90 Å². The van der Waals surface area contributed by atoms with Gasteiger partial charge in [0.15, 0.2) is 0 Å². The summed E-state index contributed by atoms with van der Waals surface area (Å²) in [6.45, 7) is 0. The predicted molar refractivity (Wildman–Crippen MR) is 82.0 cm³/mol. The van der Waals surface area contributed by atoms with Gasteiger partial charge >= 0.3 is 6.09 Å². The number of non-ortho nitro benzene ring substituents is 1. The molecule has 0 spiro atoms. The van der Waals surface area contributed by atoms with Crippen molar-refractivity contribution in [1.29, 1.82) is 0 Å². The Morgan fingerprint density at radius 2 is 1.87 bits per heavy atom. The monoisotopic (exact) mass is 315 g/mol. The summed E-state index contributed by atoms with van der Waals surface area (Å²) in [5.74, 6) is 0. The molecular formula is C14H13N5O4. The molecular weight excluding hydrogens is 302 g/mol. The van der Waals surface area contributed by atoms with E-state index in [0.717, 1.165) is 22.2 Å². The number of nitrogens with two attached hydrogens (primary N) is 1. The SMILES string of the molecule is NC(=O)O.O=[N+]([O-])c1ccc(Cc2cccc3n[nH]nc23)cc1. The zero-order valence-corrected chi connectivity index (χ0v) is 11.8. The topological polar surface area (TPSA) is 148 Å². The van der Waals surface area contributed by atoms with E-state index in [0.29, 0.717) is 6.42 Å². The van der Waals surface area contributed by atoms with Gasteiger partial charge in [0.1, 0.15) is 11.0 Å². The lowest BCUT2D eigenvalue weighted by atomic mass is 10.0. The molecule has 0 aliphatic rings. The van der Waals surface area contributed by atoms with Crippen LogP contribution in [0.25, 0.3) is 11.0 Å². The zero-order valence-electron chi connectivity index (χ0n) is 11.8. The first-order valence-corrected chi connectivity index (χ1v) is 6.47. The van der Waals surface area contributed by atoms with E-state index >= 15 is 0 Å². The van der Waals surface area contributed by atoms with Crippen LogP contribution in [0.15, 0.2) is 42.5 Å². The second-order valence-electron chi connectivity index (χ2n) is 4.55. The number of nitro groups is 1. The maximum Gasteiger partial charge on any atom is 0.402 e. The summed E-state index contributed by atoms with van der Waals surface area (Å²) in [5.41, 5.74) is 7.82. The van der Waals surface area contributed by atoms with Gasteiger partial charge in [-0.25, -0.2) is 4.79 Å². The highest BCUT2D eigenvalue weighted by Crippen LogP contribution is 2.19. The molecule has 0 unspecified atom stereocenters. The predicted octanol–water partition coefficient (Wildman–Crippen LogP) is 2.08. The van der Waals surface area contributed by atoms with Crippen LogP contribution in [-0.4, -0.2) is 31.5 Å². The molecule has 0 saturated heterocycles. The molecule has 1 aromatic heterocycles. The number of aromatic nitrogens is 3. The van der Waals surface area contributed by atoms with Crippen molar-refractivity contribution in [3.63, 3.8) is 0 Å². The van der Waals surface area contributed by atoms with Crippen molar-refractivity contribution in [3.05, 3.63) is 63.7 Å². The molecule has 1 heterocycles. The number of H-pyrrole nitrogens is 1. The second-order valence-corrected chi connectivity index (χ2v) is 4.55. The van der Waals surface area contributed by atoms with Gasteiger partial charge in [0.2, 0.25) is 0 Å². The Kier molecular flexibility index (Phi) is 4.82. The molecule has 9 heteroatoms. The van der Waals surface area contributed by atoms with Crippen molar-refractivity contribution in [2.75, 3.05) is 0 Å². The molecule has 0 bridgehead atoms. The van der Waals surface area contributed by atoms with Crippen LogP contribution in [0, 0.1) is 10.1 Å². The fraction of sp³-hybridized carbons (Fsp3) is 0.0714. The molecule has 3 rings (SSSR count). The van der Waals surface area contributed by atoms with Gasteiger partial charge < -0.3 is 10.8 Å². The van der Waals surface area contributed by atoms with Crippen LogP contribution in [0.4, 0.5) is 10.5 Å². The van der Waals surface area contributed by atoms with Crippen LogP contribution in [0.5, 0.6) is 0 Å². The smallest absolute Gasteiger partial charge is 0.402 e. The van der Waals surface area contributed by atoms with Gasteiger partial charge in [0.05, 0.1) is 4.92 Å². The molecule has 2 aromatic carbocycles. The average molecular weight is 315 g/mol. The number of hydrogen-bond acceptors (Lipinski definition) is 5. The molecule has 1 amide bonds. The summed E-state index contributed by atoms with van der Waals surface area (Å²) in [7, 11) is 0. The van der Waals surface area contributed by atoms with Crippen molar-refractivity contribution in [2.45, 2.75) is 6.42 Å². The van der Waals surface area contributed by atoms with Crippen LogP contribution >= 0.6 is 0 Å². The molecule has 118 valence electrons. The third-order valence-corrected chi connectivity index (χ3v) is 2.97. The molecule has 0 aliphatic carbocycles. The Bertz CT molecular complexity index is 825. The van der Waals surface area contributed by atoms with E-state index in [-0.39, 0.29) is 5.69 Å². The van der Waals surface area contributed by atoms with Crippen molar-refractivity contribution < 1.29 is 14.8 Å². The van der Waals surface area contributed by atoms with Gasteiger partial charge in [0.25, 0.3) is 5.69 Å². The number of fused-ring (bicyclic) bond motifs is 1. The molecule has 0 fully saturated rings.